The molecule has 0 radical (unpaired) electrons. The molecule has 1 heterocycles. The Kier molecular flexibility index (Phi) is 6.96. The molecule has 0 aliphatic carbocycles. The van der Waals surface area contributed by atoms with E-state index in [0.29, 0.717) is 5.02 Å². The van der Waals surface area contributed by atoms with Gasteiger partial charge in [-0.2, -0.15) is 4.31 Å². The van der Waals surface area contributed by atoms with Crippen molar-refractivity contribution in [2.45, 2.75) is 17.9 Å². The molecule has 1 fully saturated rings. The lowest BCUT2D eigenvalue weighted by Gasteiger charge is -2.34. The summed E-state index contributed by atoms with van der Waals surface area (Å²) in [4.78, 5) is 14.1. The Morgan fingerprint density at radius 3 is 2.24 bits per heavy atom. The predicted octanol–water partition coefficient (Wildman–Crippen LogP) is 4.42. The fourth-order valence-corrected chi connectivity index (χ4v) is 5.59. The normalized spacial score (nSPS) is 16.5. The number of nitrogens with one attached hydrogen (secondary N) is 1. The summed E-state index contributed by atoms with van der Waals surface area (Å²) in [5, 5.41) is 3.67. The van der Waals surface area contributed by atoms with E-state index in [2.05, 4.69) is 5.32 Å². The molecular formula is C19H20Cl3N3O3S. The summed E-state index contributed by atoms with van der Waals surface area (Å²) in [5.41, 5.74) is 0.819. The van der Waals surface area contributed by atoms with Crippen LogP contribution in [0.4, 0.5) is 4.79 Å². The maximum absolute atomic E-state index is 12.9. The van der Waals surface area contributed by atoms with E-state index in [1.165, 1.54) is 16.4 Å². The lowest BCUT2D eigenvalue weighted by molar-refractivity contribution is 0.169. The average molecular weight is 477 g/mol. The molecule has 1 N–H and O–H groups in total. The van der Waals surface area contributed by atoms with Gasteiger partial charge < -0.3 is 10.2 Å². The second-order valence-electron chi connectivity index (χ2n) is 6.64. The van der Waals surface area contributed by atoms with Crippen LogP contribution in [0.3, 0.4) is 0 Å². The van der Waals surface area contributed by atoms with Gasteiger partial charge in [-0.1, -0.05) is 59.1 Å². The maximum Gasteiger partial charge on any atom is 0.317 e. The number of urea groups is 1. The zero-order valence-corrected chi connectivity index (χ0v) is 18.7. The zero-order chi connectivity index (χ0) is 21.2. The van der Waals surface area contributed by atoms with Gasteiger partial charge in [-0.05, 0) is 30.7 Å². The summed E-state index contributed by atoms with van der Waals surface area (Å²) in [6.45, 7) is 2.70. The molecule has 29 heavy (non-hydrogen) atoms. The van der Waals surface area contributed by atoms with Gasteiger partial charge in [-0.25, -0.2) is 13.2 Å². The number of halogens is 3. The highest BCUT2D eigenvalue weighted by Crippen LogP contribution is 2.31. The van der Waals surface area contributed by atoms with Crippen LogP contribution in [0.15, 0.2) is 47.4 Å². The van der Waals surface area contributed by atoms with Gasteiger partial charge in [-0.15, -0.1) is 0 Å². The number of carbonyl (C=O) groups is 1. The fraction of sp³-hybridized carbons (Fsp3) is 0.316. The Bertz CT molecular complexity index is 1010. The number of nitrogens with zero attached hydrogens (tertiary/aromatic N) is 2. The Morgan fingerprint density at radius 2 is 1.59 bits per heavy atom. The molecule has 156 valence electrons. The number of amides is 2. The van der Waals surface area contributed by atoms with Crippen LogP contribution < -0.4 is 5.32 Å². The van der Waals surface area contributed by atoms with Gasteiger partial charge in [0.2, 0.25) is 10.0 Å². The highest BCUT2D eigenvalue weighted by Gasteiger charge is 2.32. The number of carbonyl (C=O) groups excluding carboxylic acids is 1. The van der Waals surface area contributed by atoms with Gasteiger partial charge in [0.15, 0.2) is 0 Å². The molecule has 0 saturated carbocycles. The summed E-state index contributed by atoms with van der Waals surface area (Å²) >= 11 is 18.2. The maximum atomic E-state index is 12.9. The van der Waals surface area contributed by atoms with Crippen molar-refractivity contribution in [1.82, 2.24) is 14.5 Å². The van der Waals surface area contributed by atoms with Crippen molar-refractivity contribution < 1.29 is 13.2 Å². The molecule has 2 aromatic carbocycles. The molecule has 0 spiro atoms. The highest BCUT2D eigenvalue weighted by molar-refractivity contribution is 7.89. The SMILES string of the molecule is CC(NC(=O)N1CCN(S(=O)(=O)c2cccc(Cl)c2Cl)CC1)c1ccccc1Cl. The molecule has 6 nitrogen and oxygen atoms in total. The van der Waals surface area contributed by atoms with E-state index in [0.717, 1.165) is 5.56 Å². The van der Waals surface area contributed by atoms with Crippen LogP contribution in [0.2, 0.25) is 15.1 Å². The fourth-order valence-electron chi connectivity index (χ4n) is 3.13. The van der Waals surface area contributed by atoms with Gasteiger partial charge in [-0.3, -0.25) is 0 Å². The van der Waals surface area contributed by atoms with Crippen molar-refractivity contribution in [3.8, 4) is 0 Å². The third kappa shape index (κ3) is 4.81. The number of hydrogen-bond acceptors (Lipinski definition) is 3. The molecule has 3 rings (SSSR count). The standard InChI is InChI=1S/C19H20Cl3N3O3S/c1-13(14-5-2-3-6-15(14)20)23-19(26)24-9-11-25(12-10-24)29(27,28)17-8-4-7-16(21)18(17)22/h2-8,13H,9-12H2,1H3,(H,23,26). The minimum Gasteiger partial charge on any atom is -0.331 e. The molecule has 1 aliphatic rings. The van der Waals surface area contributed by atoms with Crippen molar-refractivity contribution in [2.75, 3.05) is 26.2 Å². The lowest BCUT2D eigenvalue weighted by atomic mass is 10.1. The van der Waals surface area contributed by atoms with Crippen LogP contribution in [-0.2, 0) is 10.0 Å². The van der Waals surface area contributed by atoms with Crippen LogP contribution in [0, 0.1) is 0 Å². The highest BCUT2D eigenvalue weighted by atomic mass is 35.5. The summed E-state index contributed by atoms with van der Waals surface area (Å²) in [6.07, 6.45) is 0. The predicted molar refractivity (Wildman–Crippen MR) is 115 cm³/mol. The van der Waals surface area contributed by atoms with Crippen molar-refractivity contribution in [2.24, 2.45) is 0 Å². The number of rotatable bonds is 4. The summed E-state index contributed by atoms with van der Waals surface area (Å²) < 4.78 is 27.1. The van der Waals surface area contributed by atoms with Gasteiger partial charge in [0.05, 0.1) is 16.1 Å². The Balaban J connectivity index is 1.63. The van der Waals surface area contributed by atoms with Crippen molar-refractivity contribution in [1.29, 1.82) is 0 Å². The molecule has 1 atom stereocenters. The smallest absolute Gasteiger partial charge is 0.317 e. The monoisotopic (exact) mass is 475 g/mol. The van der Waals surface area contributed by atoms with Gasteiger partial charge >= 0.3 is 6.03 Å². The van der Waals surface area contributed by atoms with E-state index in [-0.39, 0.29) is 53.2 Å². The van der Waals surface area contributed by atoms with E-state index in [4.69, 9.17) is 34.8 Å². The van der Waals surface area contributed by atoms with Crippen LogP contribution in [-0.4, -0.2) is 49.8 Å². The molecule has 2 aromatic rings. The Labute approximate surface area is 185 Å². The van der Waals surface area contributed by atoms with Crippen LogP contribution in [0.25, 0.3) is 0 Å². The summed E-state index contributed by atoms with van der Waals surface area (Å²) in [5.74, 6) is 0. The van der Waals surface area contributed by atoms with E-state index < -0.39 is 10.0 Å². The van der Waals surface area contributed by atoms with E-state index in [1.807, 2.05) is 25.1 Å². The van der Waals surface area contributed by atoms with Gasteiger partial charge in [0.25, 0.3) is 0 Å². The molecule has 1 aliphatic heterocycles. The van der Waals surface area contributed by atoms with Crippen LogP contribution in [0.5, 0.6) is 0 Å². The summed E-state index contributed by atoms with van der Waals surface area (Å²) in [7, 11) is -3.79. The quantitative estimate of drug-likeness (QED) is 0.710. The molecule has 0 bridgehead atoms. The first kappa shape index (κ1) is 22.2. The first-order valence-electron chi connectivity index (χ1n) is 8.96. The largest absolute Gasteiger partial charge is 0.331 e. The van der Waals surface area contributed by atoms with E-state index in [1.54, 1.807) is 17.0 Å². The summed E-state index contributed by atoms with van der Waals surface area (Å²) in [6, 6.07) is 11.3. The molecule has 1 saturated heterocycles. The Morgan fingerprint density at radius 1 is 0.966 bits per heavy atom. The van der Waals surface area contributed by atoms with Crippen LogP contribution in [0.1, 0.15) is 18.5 Å². The van der Waals surface area contributed by atoms with Crippen molar-refractivity contribution >= 4 is 50.9 Å². The first-order chi connectivity index (χ1) is 13.7. The zero-order valence-electron chi connectivity index (χ0n) is 15.6. The molecule has 10 heteroatoms. The number of benzene rings is 2. The minimum absolute atomic E-state index is 0.00269. The van der Waals surface area contributed by atoms with Crippen molar-refractivity contribution in [3.63, 3.8) is 0 Å². The van der Waals surface area contributed by atoms with E-state index in [9.17, 15) is 13.2 Å². The second kappa shape index (κ2) is 9.10. The lowest BCUT2D eigenvalue weighted by Crippen LogP contribution is -2.53. The molecular weight excluding hydrogens is 457 g/mol. The number of sulfonamides is 1. The van der Waals surface area contributed by atoms with Gasteiger partial charge in [0.1, 0.15) is 4.90 Å². The average Bonchev–Trinajstić information content (AvgIpc) is 2.70. The van der Waals surface area contributed by atoms with Crippen LogP contribution >= 0.6 is 34.8 Å². The number of piperazine rings is 1. The minimum atomic E-state index is -3.79. The topological polar surface area (TPSA) is 69.7 Å². The molecule has 2 amide bonds. The second-order valence-corrected chi connectivity index (χ2v) is 9.73. The Hall–Kier alpha value is -1.51. The van der Waals surface area contributed by atoms with E-state index >= 15 is 0 Å². The molecule has 0 aromatic heterocycles. The van der Waals surface area contributed by atoms with Crippen molar-refractivity contribution in [3.05, 3.63) is 63.1 Å². The third-order valence-electron chi connectivity index (χ3n) is 4.77. The van der Waals surface area contributed by atoms with Gasteiger partial charge in [0, 0.05) is 31.2 Å². The third-order valence-corrected chi connectivity index (χ3v) is 7.99. The number of hydrogen-bond donors (Lipinski definition) is 1. The molecule has 1 unspecified atom stereocenters. The first-order valence-corrected chi connectivity index (χ1v) is 11.5.